The Labute approximate surface area is 253 Å². The lowest BCUT2D eigenvalue weighted by molar-refractivity contribution is 0.200. The SMILES string of the molecule is C#C[C@H]1CC[C@H](Cn2c(C3=C(c4ccccc4)CCCC3)nc3nc(C(=N)NC(=O)O)nc(N[C@H](C)C4CCC4)c32)CC1. The molecule has 3 aliphatic carbocycles. The molecular weight excluding hydrogens is 538 g/mol. The molecule has 2 aromatic heterocycles. The van der Waals surface area contributed by atoms with Crippen LogP contribution in [0.15, 0.2) is 30.3 Å². The average Bonchev–Trinajstić information content (AvgIpc) is 3.35. The van der Waals surface area contributed by atoms with Gasteiger partial charge in [-0.05, 0) is 99.7 Å². The number of nitrogens with one attached hydrogen (secondary N) is 3. The van der Waals surface area contributed by atoms with E-state index in [2.05, 4.69) is 57.3 Å². The molecule has 4 N–H and O–H groups in total. The number of rotatable bonds is 8. The number of benzene rings is 1. The molecule has 3 aliphatic rings. The largest absolute Gasteiger partial charge is 0.465 e. The van der Waals surface area contributed by atoms with Gasteiger partial charge in [-0.25, -0.2) is 19.7 Å². The van der Waals surface area contributed by atoms with Crippen molar-refractivity contribution >= 4 is 40.1 Å². The van der Waals surface area contributed by atoms with E-state index in [4.69, 9.17) is 21.8 Å². The first-order chi connectivity index (χ1) is 20.9. The van der Waals surface area contributed by atoms with Gasteiger partial charge in [0.15, 0.2) is 23.1 Å². The quantitative estimate of drug-likeness (QED) is 0.130. The molecule has 2 saturated carbocycles. The van der Waals surface area contributed by atoms with Crippen LogP contribution in [-0.2, 0) is 6.54 Å². The molecular formula is C34H41N7O2. The lowest BCUT2D eigenvalue weighted by Gasteiger charge is -2.32. The summed E-state index contributed by atoms with van der Waals surface area (Å²) < 4.78 is 2.33. The van der Waals surface area contributed by atoms with E-state index in [1.54, 1.807) is 0 Å². The predicted molar refractivity (Wildman–Crippen MR) is 170 cm³/mol. The zero-order chi connectivity index (χ0) is 29.9. The second-order valence-electron chi connectivity index (χ2n) is 12.5. The van der Waals surface area contributed by atoms with Crippen LogP contribution in [0.1, 0.15) is 94.8 Å². The highest BCUT2D eigenvalue weighted by molar-refractivity contribution is 6.03. The zero-order valence-corrected chi connectivity index (χ0v) is 24.9. The lowest BCUT2D eigenvalue weighted by atomic mass is 9.80. The zero-order valence-electron chi connectivity index (χ0n) is 24.9. The molecule has 1 atom stereocenters. The van der Waals surface area contributed by atoms with Crippen molar-refractivity contribution in [3.63, 3.8) is 0 Å². The van der Waals surface area contributed by atoms with Gasteiger partial charge in [0.05, 0.1) is 0 Å². The highest BCUT2D eigenvalue weighted by Crippen LogP contribution is 2.41. The van der Waals surface area contributed by atoms with Gasteiger partial charge in [0.2, 0.25) is 0 Å². The predicted octanol–water partition coefficient (Wildman–Crippen LogP) is 6.94. The van der Waals surface area contributed by atoms with E-state index < -0.39 is 6.09 Å². The molecule has 0 aliphatic heterocycles. The van der Waals surface area contributed by atoms with Crippen molar-refractivity contribution < 1.29 is 9.90 Å². The van der Waals surface area contributed by atoms with Crippen LogP contribution in [0.2, 0.25) is 0 Å². The Hall–Kier alpha value is -4.19. The second kappa shape index (κ2) is 12.6. The van der Waals surface area contributed by atoms with Gasteiger partial charge in [0, 0.05) is 18.5 Å². The summed E-state index contributed by atoms with van der Waals surface area (Å²) in [5.41, 5.74) is 5.11. The van der Waals surface area contributed by atoms with Crippen LogP contribution in [0, 0.1) is 35.5 Å². The molecule has 0 saturated heterocycles. The number of imidazole rings is 1. The fraction of sp³-hybridized carbons (Fsp3) is 0.500. The highest BCUT2D eigenvalue weighted by atomic mass is 16.4. The van der Waals surface area contributed by atoms with Crippen LogP contribution in [0.4, 0.5) is 10.6 Å². The third kappa shape index (κ3) is 6.15. The molecule has 3 aromatic rings. The molecule has 2 heterocycles. The Morgan fingerprint density at radius 1 is 1.05 bits per heavy atom. The van der Waals surface area contributed by atoms with Crippen molar-refractivity contribution in [2.24, 2.45) is 17.8 Å². The number of nitrogens with zero attached hydrogens (tertiary/aromatic N) is 4. The Morgan fingerprint density at radius 3 is 2.42 bits per heavy atom. The highest BCUT2D eigenvalue weighted by Gasteiger charge is 2.30. The molecule has 6 rings (SSSR count). The number of hydrogen-bond donors (Lipinski definition) is 4. The van der Waals surface area contributed by atoms with Crippen molar-refractivity contribution in [3.05, 3.63) is 47.5 Å². The molecule has 224 valence electrons. The Kier molecular flexibility index (Phi) is 8.46. The maximum atomic E-state index is 11.4. The normalized spacial score (nSPS) is 21.6. The summed E-state index contributed by atoms with van der Waals surface area (Å²) in [6.45, 7) is 2.97. The summed E-state index contributed by atoms with van der Waals surface area (Å²) in [7, 11) is 0. The van der Waals surface area contributed by atoms with Crippen LogP contribution < -0.4 is 10.6 Å². The molecule has 1 amide bonds. The number of amidine groups is 1. The first-order valence-corrected chi connectivity index (χ1v) is 15.8. The van der Waals surface area contributed by atoms with Crippen molar-refractivity contribution in [1.29, 1.82) is 5.41 Å². The Morgan fingerprint density at radius 2 is 1.77 bits per heavy atom. The Balaban J connectivity index is 1.52. The van der Waals surface area contributed by atoms with E-state index in [1.807, 2.05) is 6.07 Å². The number of carbonyl (C=O) groups is 1. The van der Waals surface area contributed by atoms with Crippen LogP contribution in [0.3, 0.4) is 0 Å². The molecule has 1 aromatic carbocycles. The third-order valence-electron chi connectivity index (χ3n) is 9.66. The first-order valence-electron chi connectivity index (χ1n) is 15.8. The van der Waals surface area contributed by atoms with Gasteiger partial charge >= 0.3 is 6.09 Å². The first kappa shape index (κ1) is 28.9. The smallest absolute Gasteiger partial charge is 0.410 e. The summed E-state index contributed by atoms with van der Waals surface area (Å²) in [5, 5.41) is 23.5. The Bertz CT molecular complexity index is 1570. The van der Waals surface area contributed by atoms with E-state index in [0.29, 0.717) is 29.2 Å². The molecule has 0 unspecified atom stereocenters. The number of hydrogen-bond acceptors (Lipinski definition) is 6. The second-order valence-corrected chi connectivity index (χ2v) is 12.5. The summed E-state index contributed by atoms with van der Waals surface area (Å²) in [6.07, 6.45) is 16.3. The van der Waals surface area contributed by atoms with Crippen molar-refractivity contribution in [1.82, 2.24) is 24.8 Å². The minimum atomic E-state index is -1.32. The minimum Gasteiger partial charge on any atom is -0.465 e. The van der Waals surface area contributed by atoms with Gasteiger partial charge in [-0.1, -0.05) is 36.8 Å². The molecule has 43 heavy (non-hydrogen) atoms. The topological polar surface area (TPSA) is 129 Å². The van der Waals surface area contributed by atoms with E-state index in [0.717, 1.165) is 69.3 Å². The maximum absolute atomic E-state index is 11.4. The van der Waals surface area contributed by atoms with E-state index in [1.165, 1.54) is 36.0 Å². The van der Waals surface area contributed by atoms with Crippen LogP contribution in [0.5, 0.6) is 0 Å². The fourth-order valence-corrected chi connectivity index (χ4v) is 6.97. The number of aromatic nitrogens is 4. The number of anilines is 1. The average molecular weight is 580 g/mol. The van der Waals surface area contributed by atoms with Gasteiger partial charge < -0.3 is 15.0 Å². The molecule has 0 bridgehead atoms. The standard InChI is InChI=1S/C34H41N7O2/c1-3-22-16-18-23(19-17-22)20-41-28-30(36-21(2)24-12-9-13-24)38-32(29(35)37-34(42)43)39-31(28)40-33(41)27-15-8-7-14-26(27)25-10-5-4-6-11-25/h1,4-6,10-11,21-24H,7-9,12-20H2,2H3,(H2,35,37)(H,42,43)(H,36,38,39)/t21-,22-,23-/m1/s1. The van der Waals surface area contributed by atoms with Crippen molar-refractivity contribution in [3.8, 4) is 12.3 Å². The van der Waals surface area contributed by atoms with Crippen LogP contribution in [0.25, 0.3) is 22.3 Å². The van der Waals surface area contributed by atoms with Gasteiger partial charge in [-0.2, -0.15) is 0 Å². The van der Waals surface area contributed by atoms with Crippen molar-refractivity contribution in [2.45, 2.75) is 90.1 Å². The lowest BCUT2D eigenvalue weighted by Crippen LogP contribution is -2.33. The molecule has 9 nitrogen and oxygen atoms in total. The summed E-state index contributed by atoms with van der Waals surface area (Å²) in [5.74, 6) is 5.49. The third-order valence-corrected chi connectivity index (χ3v) is 9.66. The number of carboxylic acid groups (broad SMARTS) is 1. The van der Waals surface area contributed by atoms with Crippen molar-refractivity contribution in [2.75, 3.05) is 5.32 Å². The van der Waals surface area contributed by atoms with Gasteiger partial charge in [-0.15, -0.1) is 12.3 Å². The van der Waals surface area contributed by atoms with Gasteiger partial charge in [0.25, 0.3) is 0 Å². The monoisotopic (exact) mass is 579 g/mol. The van der Waals surface area contributed by atoms with E-state index >= 15 is 0 Å². The number of allylic oxidation sites excluding steroid dienone is 2. The molecule has 9 heteroatoms. The number of terminal acetylenes is 1. The summed E-state index contributed by atoms with van der Waals surface area (Å²) in [4.78, 5) is 26.0. The maximum Gasteiger partial charge on any atom is 0.410 e. The van der Waals surface area contributed by atoms with E-state index in [-0.39, 0.29) is 17.7 Å². The molecule has 0 spiro atoms. The van der Waals surface area contributed by atoms with E-state index in [9.17, 15) is 9.90 Å². The molecule has 2 fully saturated rings. The summed E-state index contributed by atoms with van der Waals surface area (Å²) >= 11 is 0. The molecule has 0 radical (unpaired) electrons. The van der Waals surface area contributed by atoms with Crippen LogP contribution in [-0.4, -0.2) is 42.6 Å². The van der Waals surface area contributed by atoms with Crippen LogP contribution >= 0.6 is 0 Å². The minimum absolute atomic E-state index is 0.0184. The fourth-order valence-electron chi connectivity index (χ4n) is 6.97. The number of amides is 1. The summed E-state index contributed by atoms with van der Waals surface area (Å²) in [6, 6.07) is 10.8. The van der Waals surface area contributed by atoms with Gasteiger partial charge in [0.1, 0.15) is 11.3 Å². The number of fused-ring (bicyclic) bond motifs is 1. The van der Waals surface area contributed by atoms with Gasteiger partial charge in [-0.3, -0.25) is 10.7 Å².